The highest BCUT2D eigenvalue weighted by molar-refractivity contribution is 5.80. The summed E-state index contributed by atoms with van der Waals surface area (Å²) in [6, 6.07) is 8.62. The Labute approximate surface area is 143 Å². The number of carbonyl (C=O) groups excluding carboxylic acids is 1. The molecule has 1 aliphatic rings. The van der Waals surface area contributed by atoms with E-state index in [2.05, 4.69) is 16.9 Å². The molecule has 24 heavy (non-hydrogen) atoms. The number of nitrogens with two attached hydrogens (primary N) is 1. The molecule has 1 aliphatic carbocycles. The molecule has 1 aromatic rings. The van der Waals surface area contributed by atoms with Crippen LogP contribution < -0.4 is 16.6 Å². The van der Waals surface area contributed by atoms with E-state index in [9.17, 15) is 9.90 Å². The minimum absolute atomic E-state index is 0.367. The van der Waals surface area contributed by atoms with Crippen molar-refractivity contribution < 1.29 is 9.90 Å². The van der Waals surface area contributed by atoms with Crippen molar-refractivity contribution in [1.29, 1.82) is 5.26 Å². The van der Waals surface area contributed by atoms with Crippen LogP contribution in [0, 0.1) is 17.2 Å². The van der Waals surface area contributed by atoms with Gasteiger partial charge in [0.1, 0.15) is 6.10 Å². The first-order chi connectivity index (χ1) is 11.6. The van der Waals surface area contributed by atoms with Crippen molar-refractivity contribution >= 4 is 5.91 Å². The van der Waals surface area contributed by atoms with Crippen molar-refractivity contribution in [3.05, 3.63) is 35.4 Å². The molecule has 0 aliphatic heterocycles. The number of nitrogens with zero attached hydrogens (tertiary/aromatic N) is 1. The van der Waals surface area contributed by atoms with Crippen LogP contribution in [0.2, 0.25) is 0 Å². The molecule has 2 unspecified atom stereocenters. The number of benzene rings is 1. The summed E-state index contributed by atoms with van der Waals surface area (Å²) in [6.45, 7) is 0.367. The van der Waals surface area contributed by atoms with Gasteiger partial charge >= 0.3 is 0 Å². The van der Waals surface area contributed by atoms with Crippen LogP contribution in [-0.2, 0) is 11.3 Å². The maximum atomic E-state index is 12.0. The zero-order valence-corrected chi connectivity index (χ0v) is 13.9. The topological polar surface area (TPSA) is 111 Å². The molecule has 0 aromatic heterocycles. The highest BCUT2D eigenvalue weighted by Gasteiger charge is 2.26. The number of hydrogen-bond acceptors (Lipinski definition) is 5. The number of nitrogens with one attached hydrogen (secondary N) is 2. The van der Waals surface area contributed by atoms with Crippen LogP contribution >= 0.6 is 0 Å². The van der Waals surface area contributed by atoms with Gasteiger partial charge in [0.05, 0.1) is 11.6 Å². The standard InChI is InChI=1S/C18H26N4O2/c19-11-14-7-4-8-15(9-14)12-21-22-18(24)17(23)16(20)10-13-5-2-1-3-6-13/h4,7-9,13,16-17,21,23H,1-3,5-6,10,12,20H2,(H,22,24). The Morgan fingerprint density at radius 1 is 1.38 bits per heavy atom. The molecule has 130 valence electrons. The summed E-state index contributed by atoms with van der Waals surface area (Å²) >= 11 is 0. The Balaban J connectivity index is 1.73. The van der Waals surface area contributed by atoms with Crippen molar-refractivity contribution in [3.8, 4) is 6.07 Å². The smallest absolute Gasteiger partial charge is 0.264 e. The van der Waals surface area contributed by atoms with Crippen molar-refractivity contribution in [1.82, 2.24) is 10.9 Å². The number of carbonyl (C=O) groups is 1. The molecular weight excluding hydrogens is 304 g/mol. The van der Waals surface area contributed by atoms with Gasteiger partial charge in [-0.1, -0.05) is 44.2 Å². The van der Waals surface area contributed by atoms with Gasteiger partial charge in [-0.3, -0.25) is 10.2 Å². The number of nitriles is 1. The molecule has 1 fully saturated rings. The summed E-state index contributed by atoms with van der Waals surface area (Å²) in [4.78, 5) is 12.0. The lowest BCUT2D eigenvalue weighted by molar-refractivity contribution is -0.131. The molecule has 0 radical (unpaired) electrons. The maximum Gasteiger partial charge on any atom is 0.264 e. The molecule has 5 N–H and O–H groups in total. The molecule has 0 heterocycles. The van der Waals surface area contributed by atoms with Crippen LogP contribution in [0.1, 0.15) is 49.7 Å². The van der Waals surface area contributed by atoms with E-state index < -0.39 is 18.1 Å². The van der Waals surface area contributed by atoms with Crippen molar-refractivity contribution in [2.75, 3.05) is 0 Å². The van der Waals surface area contributed by atoms with Crippen molar-refractivity contribution in [2.24, 2.45) is 11.7 Å². The normalized spacial score (nSPS) is 17.7. The molecule has 1 aromatic carbocycles. The van der Waals surface area contributed by atoms with Crippen LogP contribution in [0.4, 0.5) is 0 Å². The van der Waals surface area contributed by atoms with Crippen molar-refractivity contribution in [3.63, 3.8) is 0 Å². The Morgan fingerprint density at radius 3 is 2.83 bits per heavy atom. The van der Waals surface area contributed by atoms with Crippen LogP contribution in [-0.4, -0.2) is 23.2 Å². The van der Waals surface area contributed by atoms with Gasteiger partial charge in [0.2, 0.25) is 0 Å². The highest BCUT2D eigenvalue weighted by atomic mass is 16.3. The summed E-state index contributed by atoms with van der Waals surface area (Å²) < 4.78 is 0. The molecule has 0 saturated heterocycles. The molecule has 1 saturated carbocycles. The lowest BCUT2D eigenvalue weighted by atomic mass is 9.84. The summed E-state index contributed by atoms with van der Waals surface area (Å²) in [7, 11) is 0. The molecule has 2 rings (SSSR count). The third kappa shape index (κ3) is 5.60. The minimum atomic E-state index is -1.22. The van der Waals surface area contributed by atoms with Gasteiger partial charge in [0.25, 0.3) is 5.91 Å². The predicted octanol–water partition coefficient (Wildman–Crippen LogP) is 1.34. The average molecular weight is 330 g/mol. The third-order valence-electron chi connectivity index (χ3n) is 4.56. The molecule has 6 nitrogen and oxygen atoms in total. The monoisotopic (exact) mass is 330 g/mol. The molecule has 0 spiro atoms. The number of aliphatic hydroxyl groups is 1. The maximum absolute atomic E-state index is 12.0. The summed E-state index contributed by atoms with van der Waals surface area (Å²) in [6.07, 6.45) is 5.42. The van der Waals surface area contributed by atoms with Crippen LogP contribution in [0.15, 0.2) is 24.3 Å². The molecule has 0 bridgehead atoms. The number of rotatable bonds is 7. The van der Waals surface area contributed by atoms with Gasteiger partial charge in [-0.25, -0.2) is 5.43 Å². The number of hydrazine groups is 1. The summed E-state index contributed by atoms with van der Waals surface area (Å²) in [5, 5.41) is 18.9. The number of aliphatic hydroxyl groups excluding tert-OH is 1. The molecule has 2 atom stereocenters. The lowest BCUT2D eigenvalue weighted by Crippen LogP contribution is -2.50. The zero-order valence-electron chi connectivity index (χ0n) is 13.9. The second-order valence-corrected chi connectivity index (χ2v) is 6.50. The van der Waals surface area contributed by atoms with Gasteiger partial charge in [-0.2, -0.15) is 5.26 Å². The first-order valence-electron chi connectivity index (χ1n) is 8.55. The van der Waals surface area contributed by atoms with Gasteiger partial charge in [-0.15, -0.1) is 0 Å². The minimum Gasteiger partial charge on any atom is -0.382 e. The van der Waals surface area contributed by atoms with E-state index in [0.29, 0.717) is 24.4 Å². The van der Waals surface area contributed by atoms with E-state index >= 15 is 0 Å². The fourth-order valence-electron chi connectivity index (χ4n) is 3.19. The van der Waals surface area contributed by atoms with E-state index in [1.807, 2.05) is 6.07 Å². The van der Waals surface area contributed by atoms with E-state index in [1.165, 1.54) is 19.3 Å². The fourth-order valence-corrected chi connectivity index (χ4v) is 3.19. The van der Waals surface area contributed by atoms with E-state index in [0.717, 1.165) is 18.4 Å². The Morgan fingerprint density at radius 2 is 2.12 bits per heavy atom. The Bertz CT molecular complexity index is 579. The zero-order chi connectivity index (χ0) is 17.4. The van der Waals surface area contributed by atoms with E-state index in [-0.39, 0.29) is 0 Å². The van der Waals surface area contributed by atoms with Gasteiger partial charge in [-0.05, 0) is 30.0 Å². The second-order valence-electron chi connectivity index (χ2n) is 6.50. The first-order valence-corrected chi connectivity index (χ1v) is 8.55. The summed E-state index contributed by atoms with van der Waals surface area (Å²) in [5.74, 6) is -0.00683. The van der Waals surface area contributed by atoms with Crippen LogP contribution in [0.3, 0.4) is 0 Å². The molecule has 1 amide bonds. The highest BCUT2D eigenvalue weighted by Crippen LogP contribution is 2.27. The second kappa shape index (κ2) is 9.38. The number of amides is 1. The van der Waals surface area contributed by atoms with E-state index in [4.69, 9.17) is 11.0 Å². The largest absolute Gasteiger partial charge is 0.382 e. The Kier molecular flexibility index (Phi) is 7.19. The number of hydrogen-bond donors (Lipinski definition) is 4. The van der Waals surface area contributed by atoms with Gasteiger partial charge in [0, 0.05) is 12.6 Å². The SMILES string of the molecule is N#Cc1cccc(CNNC(=O)C(O)C(N)CC2CCCCC2)c1. The first kappa shape index (κ1) is 18.4. The third-order valence-corrected chi connectivity index (χ3v) is 4.56. The van der Waals surface area contributed by atoms with Crippen LogP contribution in [0.5, 0.6) is 0 Å². The van der Waals surface area contributed by atoms with E-state index in [1.54, 1.807) is 18.2 Å². The summed E-state index contributed by atoms with van der Waals surface area (Å²) in [5.41, 5.74) is 12.7. The van der Waals surface area contributed by atoms with Crippen molar-refractivity contribution in [2.45, 2.75) is 57.2 Å². The molecular formula is C18H26N4O2. The Hall–Kier alpha value is -1.94. The van der Waals surface area contributed by atoms with Gasteiger partial charge < -0.3 is 10.8 Å². The predicted molar refractivity (Wildman–Crippen MR) is 91.3 cm³/mol. The quantitative estimate of drug-likeness (QED) is 0.564. The fraction of sp³-hybridized carbons (Fsp3) is 0.556. The lowest BCUT2D eigenvalue weighted by Gasteiger charge is -2.26. The molecule has 6 heteroatoms. The average Bonchev–Trinajstić information content (AvgIpc) is 2.62. The van der Waals surface area contributed by atoms with Crippen LogP contribution in [0.25, 0.3) is 0 Å². The van der Waals surface area contributed by atoms with Gasteiger partial charge in [0.15, 0.2) is 0 Å².